The number of piperidine rings is 1. The molecular weight excluding hydrogens is 278 g/mol. The lowest BCUT2D eigenvalue weighted by atomic mass is 9.98. The standard InChI is InChI=1S/C17H31N3O2/c1-13-6-5-7-14(2)19(13)11-10-18-15(21)12-20-16(22)8-9-17(20,3)4/h13-14H,5-12H2,1-4H3,(H,18,21)/t13-,14+. The second kappa shape index (κ2) is 6.99. The highest BCUT2D eigenvalue weighted by Crippen LogP contribution is 2.28. The van der Waals surface area contributed by atoms with Gasteiger partial charge in [0.25, 0.3) is 0 Å². The van der Waals surface area contributed by atoms with E-state index in [1.165, 1.54) is 19.3 Å². The Bertz CT molecular complexity index is 412. The third-order valence-electron chi connectivity index (χ3n) is 5.35. The van der Waals surface area contributed by atoms with E-state index in [0.29, 0.717) is 25.0 Å². The lowest BCUT2D eigenvalue weighted by Crippen LogP contribution is -2.50. The van der Waals surface area contributed by atoms with Gasteiger partial charge in [-0.15, -0.1) is 0 Å². The zero-order valence-electron chi connectivity index (χ0n) is 14.5. The SMILES string of the molecule is C[C@@H]1CCC[C@H](C)N1CCNC(=O)CN1C(=O)CCC1(C)C. The number of carbonyl (C=O) groups is 2. The molecule has 0 aromatic rings. The molecule has 5 heteroatoms. The highest BCUT2D eigenvalue weighted by Gasteiger charge is 2.38. The Morgan fingerprint density at radius 2 is 1.91 bits per heavy atom. The van der Waals surface area contributed by atoms with Crippen molar-refractivity contribution in [3.8, 4) is 0 Å². The van der Waals surface area contributed by atoms with E-state index in [1.807, 2.05) is 13.8 Å². The first-order valence-corrected chi connectivity index (χ1v) is 8.64. The van der Waals surface area contributed by atoms with Crippen LogP contribution in [0.15, 0.2) is 0 Å². The molecule has 2 atom stereocenters. The van der Waals surface area contributed by atoms with E-state index in [-0.39, 0.29) is 23.9 Å². The summed E-state index contributed by atoms with van der Waals surface area (Å²) in [6.07, 6.45) is 5.19. The first-order valence-electron chi connectivity index (χ1n) is 8.64. The van der Waals surface area contributed by atoms with E-state index in [0.717, 1.165) is 13.0 Å². The van der Waals surface area contributed by atoms with Gasteiger partial charge < -0.3 is 10.2 Å². The van der Waals surface area contributed by atoms with Gasteiger partial charge in [-0.3, -0.25) is 14.5 Å². The van der Waals surface area contributed by atoms with Crippen molar-refractivity contribution in [3.63, 3.8) is 0 Å². The summed E-state index contributed by atoms with van der Waals surface area (Å²) in [4.78, 5) is 28.2. The summed E-state index contributed by atoms with van der Waals surface area (Å²) in [5, 5.41) is 2.98. The predicted molar refractivity (Wildman–Crippen MR) is 87.5 cm³/mol. The number of nitrogens with zero attached hydrogens (tertiary/aromatic N) is 2. The molecule has 0 radical (unpaired) electrons. The van der Waals surface area contributed by atoms with Crippen molar-refractivity contribution in [1.29, 1.82) is 0 Å². The molecule has 0 spiro atoms. The molecule has 2 fully saturated rings. The molecule has 1 N–H and O–H groups in total. The Morgan fingerprint density at radius 1 is 1.27 bits per heavy atom. The highest BCUT2D eigenvalue weighted by atomic mass is 16.2. The normalized spacial score (nSPS) is 28.9. The third-order valence-corrected chi connectivity index (χ3v) is 5.35. The van der Waals surface area contributed by atoms with Crippen LogP contribution in [0.3, 0.4) is 0 Å². The molecule has 0 aromatic carbocycles. The van der Waals surface area contributed by atoms with Crippen LogP contribution in [0.5, 0.6) is 0 Å². The summed E-state index contributed by atoms with van der Waals surface area (Å²) in [6.45, 7) is 10.3. The van der Waals surface area contributed by atoms with E-state index >= 15 is 0 Å². The second-order valence-corrected chi connectivity index (χ2v) is 7.51. The van der Waals surface area contributed by atoms with Crippen molar-refractivity contribution in [2.45, 2.75) is 77.4 Å². The number of nitrogens with one attached hydrogen (secondary N) is 1. The fraction of sp³-hybridized carbons (Fsp3) is 0.882. The fourth-order valence-electron chi connectivity index (χ4n) is 3.76. The van der Waals surface area contributed by atoms with Gasteiger partial charge in [0.2, 0.25) is 11.8 Å². The molecule has 2 amide bonds. The average molecular weight is 309 g/mol. The van der Waals surface area contributed by atoms with Crippen LogP contribution < -0.4 is 5.32 Å². The summed E-state index contributed by atoms with van der Waals surface area (Å²) in [5.74, 6) is 0.0547. The number of amides is 2. The van der Waals surface area contributed by atoms with Crippen LogP contribution >= 0.6 is 0 Å². The predicted octanol–water partition coefficient (Wildman–Crippen LogP) is 1.77. The zero-order valence-corrected chi connectivity index (χ0v) is 14.5. The lowest BCUT2D eigenvalue weighted by molar-refractivity contribution is -0.136. The van der Waals surface area contributed by atoms with Gasteiger partial charge in [0.05, 0.1) is 0 Å². The number of rotatable bonds is 5. The minimum atomic E-state index is -0.190. The third kappa shape index (κ3) is 4.00. The molecule has 0 aliphatic carbocycles. The van der Waals surface area contributed by atoms with Gasteiger partial charge in [-0.2, -0.15) is 0 Å². The maximum atomic E-state index is 12.1. The maximum absolute atomic E-state index is 12.1. The Kier molecular flexibility index (Phi) is 5.48. The quantitative estimate of drug-likeness (QED) is 0.842. The van der Waals surface area contributed by atoms with Crippen molar-refractivity contribution in [1.82, 2.24) is 15.1 Å². The largest absolute Gasteiger partial charge is 0.353 e. The smallest absolute Gasteiger partial charge is 0.239 e. The molecule has 2 aliphatic heterocycles. The zero-order chi connectivity index (χ0) is 16.3. The van der Waals surface area contributed by atoms with Crippen molar-refractivity contribution in [2.24, 2.45) is 0 Å². The monoisotopic (exact) mass is 309 g/mol. The summed E-state index contributed by atoms with van der Waals surface area (Å²) >= 11 is 0. The number of hydrogen-bond donors (Lipinski definition) is 1. The van der Waals surface area contributed by atoms with Gasteiger partial charge in [-0.25, -0.2) is 0 Å². The van der Waals surface area contributed by atoms with Crippen LogP contribution in [0, 0.1) is 0 Å². The van der Waals surface area contributed by atoms with Crippen molar-refractivity contribution >= 4 is 11.8 Å². The van der Waals surface area contributed by atoms with Crippen LogP contribution in [0.4, 0.5) is 0 Å². The lowest BCUT2D eigenvalue weighted by Gasteiger charge is -2.39. The first kappa shape index (κ1) is 17.3. The van der Waals surface area contributed by atoms with E-state index < -0.39 is 0 Å². The van der Waals surface area contributed by atoms with E-state index in [9.17, 15) is 9.59 Å². The van der Waals surface area contributed by atoms with Crippen molar-refractivity contribution in [3.05, 3.63) is 0 Å². The highest BCUT2D eigenvalue weighted by molar-refractivity contribution is 5.86. The molecule has 22 heavy (non-hydrogen) atoms. The molecule has 2 saturated heterocycles. The summed E-state index contributed by atoms with van der Waals surface area (Å²) in [6, 6.07) is 1.19. The van der Waals surface area contributed by atoms with Gasteiger partial charge in [0, 0.05) is 37.1 Å². The molecule has 0 unspecified atom stereocenters. The van der Waals surface area contributed by atoms with Crippen LogP contribution in [-0.4, -0.2) is 58.9 Å². The maximum Gasteiger partial charge on any atom is 0.239 e. The molecule has 126 valence electrons. The number of likely N-dealkylation sites (tertiary alicyclic amines) is 2. The Morgan fingerprint density at radius 3 is 2.45 bits per heavy atom. The van der Waals surface area contributed by atoms with Crippen molar-refractivity contribution < 1.29 is 9.59 Å². The van der Waals surface area contributed by atoms with Crippen LogP contribution in [-0.2, 0) is 9.59 Å². The topological polar surface area (TPSA) is 52.7 Å². The summed E-state index contributed by atoms with van der Waals surface area (Å²) in [5.41, 5.74) is -0.190. The minimum absolute atomic E-state index is 0.0411. The van der Waals surface area contributed by atoms with Gasteiger partial charge in [0.1, 0.15) is 6.54 Å². The van der Waals surface area contributed by atoms with Gasteiger partial charge >= 0.3 is 0 Å². The summed E-state index contributed by atoms with van der Waals surface area (Å²) in [7, 11) is 0. The van der Waals surface area contributed by atoms with Gasteiger partial charge in [-0.1, -0.05) is 6.42 Å². The Labute approximate surface area is 134 Å². The summed E-state index contributed by atoms with van der Waals surface area (Å²) < 4.78 is 0. The Hall–Kier alpha value is -1.10. The van der Waals surface area contributed by atoms with Crippen LogP contribution in [0.25, 0.3) is 0 Å². The van der Waals surface area contributed by atoms with E-state index in [4.69, 9.17) is 0 Å². The van der Waals surface area contributed by atoms with E-state index in [1.54, 1.807) is 4.90 Å². The molecule has 0 bridgehead atoms. The van der Waals surface area contributed by atoms with Crippen molar-refractivity contribution in [2.75, 3.05) is 19.6 Å². The Balaban J connectivity index is 1.75. The van der Waals surface area contributed by atoms with Gasteiger partial charge in [-0.05, 0) is 47.0 Å². The molecule has 0 aromatic heterocycles. The molecule has 2 rings (SSSR count). The molecule has 5 nitrogen and oxygen atoms in total. The minimum Gasteiger partial charge on any atom is -0.353 e. The molecule has 0 saturated carbocycles. The fourth-order valence-corrected chi connectivity index (χ4v) is 3.76. The number of hydrogen-bond acceptors (Lipinski definition) is 3. The first-order chi connectivity index (χ1) is 10.3. The molecule has 2 heterocycles. The second-order valence-electron chi connectivity index (χ2n) is 7.51. The number of carbonyl (C=O) groups excluding carboxylic acids is 2. The molecule has 2 aliphatic rings. The van der Waals surface area contributed by atoms with Crippen LogP contribution in [0.2, 0.25) is 0 Å². The van der Waals surface area contributed by atoms with Gasteiger partial charge in [0.15, 0.2) is 0 Å². The van der Waals surface area contributed by atoms with E-state index in [2.05, 4.69) is 24.1 Å². The van der Waals surface area contributed by atoms with Crippen LogP contribution in [0.1, 0.15) is 59.8 Å². The average Bonchev–Trinajstić information content (AvgIpc) is 2.69. The molecular formula is C17H31N3O2.